The lowest BCUT2D eigenvalue weighted by molar-refractivity contribution is 0.0925. The highest BCUT2D eigenvalue weighted by molar-refractivity contribution is 7.10. The number of halogens is 2. The van der Waals surface area contributed by atoms with Gasteiger partial charge in [-0.25, -0.2) is 0 Å². The van der Waals surface area contributed by atoms with Crippen LogP contribution in [0.1, 0.15) is 40.5 Å². The minimum Gasteiger partial charge on any atom is -0.350 e. The van der Waals surface area contributed by atoms with Crippen molar-refractivity contribution in [3.8, 4) is 0 Å². The molecule has 0 aliphatic carbocycles. The summed E-state index contributed by atoms with van der Waals surface area (Å²) in [4.78, 5) is 16.2. The second kappa shape index (κ2) is 9.42. The van der Waals surface area contributed by atoms with Crippen LogP contribution in [0.15, 0.2) is 41.8 Å². The van der Waals surface area contributed by atoms with Crippen LogP contribution < -0.4 is 5.32 Å². The number of amides is 1. The van der Waals surface area contributed by atoms with Gasteiger partial charge in [-0.1, -0.05) is 30.2 Å². The van der Waals surface area contributed by atoms with E-state index in [2.05, 4.69) is 27.7 Å². The molecule has 1 saturated heterocycles. The third kappa shape index (κ3) is 4.96. The molecule has 1 aromatic carbocycles. The standard InChI is InChI=1S/C18H21ClN2OS.ClH/c19-15-7-4-6-14(12-15)18(22)20-13-16(17-8-5-11-23-17)21-9-2-1-3-10-21;/h4-8,11-12,16H,1-3,9-10,13H2,(H,20,22);1H. The van der Waals surface area contributed by atoms with Crippen LogP contribution in [0, 0.1) is 0 Å². The van der Waals surface area contributed by atoms with Gasteiger partial charge in [0, 0.05) is 22.0 Å². The summed E-state index contributed by atoms with van der Waals surface area (Å²) < 4.78 is 0. The first-order valence-electron chi connectivity index (χ1n) is 8.05. The van der Waals surface area contributed by atoms with E-state index in [0.717, 1.165) is 13.1 Å². The Morgan fingerprint density at radius 1 is 1.21 bits per heavy atom. The second-order valence-electron chi connectivity index (χ2n) is 5.85. The summed E-state index contributed by atoms with van der Waals surface area (Å²) in [6.07, 6.45) is 3.79. The predicted molar refractivity (Wildman–Crippen MR) is 104 cm³/mol. The smallest absolute Gasteiger partial charge is 0.251 e. The molecular formula is C18H22Cl2N2OS. The van der Waals surface area contributed by atoms with Gasteiger partial charge in [0.25, 0.3) is 5.91 Å². The number of hydrogen-bond donors (Lipinski definition) is 1. The zero-order valence-electron chi connectivity index (χ0n) is 13.4. The van der Waals surface area contributed by atoms with Gasteiger partial charge >= 0.3 is 0 Å². The first-order valence-corrected chi connectivity index (χ1v) is 9.31. The van der Waals surface area contributed by atoms with E-state index in [1.807, 2.05) is 0 Å². The van der Waals surface area contributed by atoms with Crippen molar-refractivity contribution in [1.82, 2.24) is 10.2 Å². The van der Waals surface area contributed by atoms with Gasteiger partial charge in [-0.3, -0.25) is 9.69 Å². The number of carbonyl (C=O) groups excluding carboxylic acids is 1. The summed E-state index contributed by atoms with van der Waals surface area (Å²) >= 11 is 7.73. The minimum absolute atomic E-state index is 0. The molecule has 6 heteroatoms. The van der Waals surface area contributed by atoms with Gasteiger partial charge in [0.2, 0.25) is 0 Å². The highest BCUT2D eigenvalue weighted by Crippen LogP contribution is 2.27. The van der Waals surface area contributed by atoms with E-state index < -0.39 is 0 Å². The minimum atomic E-state index is -0.0638. The van der Waals surface area contributed by atoms with Crippen molar-refractivity contribution in [3.05, 3.63) is 57.2 Å². The SMILES string of the molecule is Cl.O=C(NCC(c1cccs1)N1CCCCC1)c1cccc(Cl)c1. The molecule has 1 aliphatic heterocycles. The summed E-state index contributed by atoms with van der Waals surface area (Å²) in [6.45, 7) is 2.84. The summed E-state index contributed by atoms with van der Waals surface area (Å²) in [6, 6.07) is 11.6. The maximum atomic E-state index is 12.4. The van der Waals surface area contributed by atoms with Crippen molar-refractivity contribution in [3.63, 3.8) is 0 Å². The van der Waals surface area contributed by atoms with E-state index in [9.17, 15) is 4.79 Å². The molecule has 3 nitrogen and oxygen atoms in total. The van der Waals surface area contributed by atoms with E-state index in [1.54, 1.807) is 35.6 Å². The Balaban J connectivity index is 0.00000208. The van der Waals surface area contributed by atoms with Crippen LogP contribution in [-0.4, -0.2) is 30.4 Å². The zero-order valence-corrected chi connectivity index (χ0v) is 15.8. The fraction of sp³-hybridized carbons (Fsp3) is 0.389. The van der Waals surface area contributed by atoms with Crippen LogP contribution >= 0.6 is 35.3 Å². The quantitative estimate of drug-likeness (QED) is 0.803. The average Bonchev–Trinajstić information content (AvgIpc) is 3.10. The monoisotopic (exact) mass is 384 g/mol. The van der Waals surface area contributed by atoms with E-state index in [-0.39, 0.29) is 24.4 Å². The van der Waals surface area contributed by atoms with Crippen LogP contribution in [0.4, 0.5) is 0 Å². The lowest BCUT2D eigenvalue weighted by atomic mass is 10.1. The van der Waals surface area contributed by atoms with Crippen molar-refractivity contribution in [2.45, 2.75) is 25.3 Å². The molecule has 0 spiro atoms. The molecule has 1 unspecified atom stereocenters. The van der Waals surface area contributed by atoms with Crippen molar-refractivity contribution in [2.24, 2.45) is 0 Å². The van der Waals surface area contributed by atoms with E-state index >= 15 is 0 Å². The number of nitrogens with zero attached hydrogens (tertiary/aromatic N) is 1. The fourth-order valence-corrected chi connectivity index (χ4v) is 4.09. The largest absolute Gasteiger partial charge is 0.350 e. The van der Waals surface area contributed by atoms with Gasteiger partial charge in [0.15, 0.2) is 0 Å². The number of piperidine rings is 1. The second-order valence-corrected chi connectivity index (χ2v) is 7.26. The molecule has 2 heterocycles. The van der Waals surface area contributed by atoms with E-state index in [0.29, 0.717) is 17.1 Å². The highest BCUT2D eigenvalue weighted by atomic mass is 35.5. The Morgan fingerprint density at radius 2 is 2.00 bits per heavy atom. The van der Waals surface area contributed by atoms with Crippen molar-refractivity contribution >= 4 is 41.3 Å². The first-order chi connectivity index (χ1) is 11.2. The summed E-state index contributed by atoms with van der Waals surface area (Å²) in [7, 11) is 0. The summed E-state index contributed by atoms with van der Waals surface area (Å²) in [5.74, 6) is -0.0638. The Hall–Kier alpha value is -1.07. The average molecular weight is 385 g/mol. The zero-order chi connectivity index (χ0) is 16.1. The van der Waals surface area contributed by atoms with Crippen molar-refractivity contribution in [1.29, 1.82) is 0 Å². The Bertz CT molecular complexity index is 642. The number of nitrogens with one attached hydrogen (secondary N) is 1. The van der Waals surface area contributed by atoms with Gasteiger partial charge in [0.1, 0.15) is 0 Å². The predicted octanol–water partition coefficient (Wildman–Crippen LogP) is 4.78. The Labute approximate surface area is 158 Å². The molecule has 0 radical (unpaired) electrons. The Morgan fingerprint density at radius 3 is 2.67 bits per heavy atom. The molecule has 3 rings (SSSR count). The molecular weight excluding hydrogens is 363 g/mol. The molecule has 1 aliphatic rings. The molecule has 2 aromatic rings. The van der Waals surface area contributed by atoms with Gasteiger partial charge in [-0.15, -0.1) is 23.7 Å². The number of rotatable bonds is 5. The van der Waals surface area contributed by atoms with Gasteiger partial charge in [-0.2, -0.15) is 0 Å². The molecule has 1 atom stereocenters. The van der Waals surface area contributed by atoms with Gasteiger partial charge in [0.05, 0.1) is 6.04 Å². The van der Waals surface area contributed by atoms with Crippen LogP contribution in [-0.2, 0) is 0 Å². The lowest BCUT2D eigenvalue weighted by Crippen LogP contribution is -2.40. The van der Waals surface area contributed by atoms with Crippen molar-refractivity contribution < 1.29 is 4.79 Å². The lowest BCUT2D eigenvalue weighted by Gasteiger charge is -2.34. The third-order valence-corrected chi connectivity index (χ3v) is 5.45. The van der Waals surface area contributed by atoms with Crippen LogP contribution in [0.3, 0.4) is 0 Å². The third-order valence-electron chi connectivity index (χ3n) is 4.25. The number of likely N-dealkylation sites (tertiary alicyclic amines) is 1. The Kier molecular flexibility index (Phi) is 7.56. The molecule has 0 bridgehead atoms. The highest BCUT2D eigenvalue weighted by Gasteiger charge is 2.23. The maximum Gasteiger partial charge on any atom is 0.251 e. The first kappa shape index (κ1) is 19.3. The molecule has 1 fully saturated rings. The van der Waals surface area contributed by atoms with Crippen LogP contribution in [0.25, 0.3) is 0 Å². The van der Waals surface area contributed by atoms with E-state index in [1.165, 1.54) is 24.1 Å². The maximum absolute atomic E-state index is 12.4. The molecule has 24 heavy (non-hydrogen) atoms. The summed E-state index contributed by atoms with van der Waals surface area (Å²) in [5, 5.41) is 5.77. The molecule has 0 saturated carbocycles. The number of benzene rings is 1. The molecule has 1 aromatic heterocycles. The molecule has 1 N–H and O–H groups in total. The van der Waals surface area contributed by atoms with Crippen LogP contribution in [0.5, 0.6) is 0 Å². The topological polar surface area (TPSA) is 32.3 Å². The van der Waals surface area contributed by atoms with E-state index in [4.69, 9.17) is 11.6 Å². The number of carbonyl (C=O) groups is 1. The summed E-state index contributed by atoms with van der Waals surface area (Å²) in [5.41, 5.74) is 0.612. The van der Waals surface area contributed by atoms with Gasteiger partial charge < -0.3 is 5.32 Å². The van der Waals surface area contributed by atoms with Crippen LogP contribution in [0.2, 0.25) is 5.02 Å². The number of hydrogen-bond acceptors (Lipinski definition) is 3. The van der Waals surface area contributed by atoms with Gasteiger partial charge in [-0.05, 0) is 55.6 Å². The van der Waals surface area contributed by atoms with Crippen molar-refractivity contribution in [2.75, 3.05) is 19.6 Å². The fourth-order valence-electron chi connectivity index (χ4n) is 3.04. The number of thiophene rings is 1. The molecule has 1 amide bonds. The molecule has 130 valence electrons. The normalized spacial score (nSPS) is 16.2.